The van der Waals surface area contributed by atoms with Gasteiger partial charge < -0.3 is 14.7 Å². The molecule has 146 valence electrons. The lowest BCUT2D eigenvalue weighted by atomic mass is 10.2. The molecule has 28 heavy (non-hydrogen) atoms. The summed E-state index contributed by atoms with van der Waals surface area (Å²) in [6.45, 7) is -0.0290. The molecule has 1 aromatic heterocycles. The number of hydrogen-bond donors (Lipinski definition) is 3. The summed E-state index contributed by atoms with van der Waals surface area (Å²) < 4.78 is 32.1. The molecule has 1 heterocycles. The van der Waals surface area contributed by atoms with Crippen LogP contribution >= 0.6 is 0 Å². The van der Waals surface area contributed by atoms with E-state index in [1.807, 2.05) is 30.3 Å². The fourth-order valence-electron chi connectivity index (χ4n) is 2.44. The second kappa shape index (κ2) is 8.19. The maximum atomic E-state index is 12.4. The summed E-state index contributed by atoms with van der Waals surface area (Å²) in [6, 6.07) is 13.0. The molecule has 0 bridgehead atoms. The van der Waals surface area contributed by atoms with E-state index in [4.69, 9.17) is 4.74 Å². The van der Waals surface area contributed by atoms with Crippen molar-refractivity contribution in [2.24, 2.45) is 0 Å². The van der Waals surface area contributed by atoms with Gasteiger partial charge in [-0.15, -0.1) is 0 Å². The SMILES string of the molecule is O=C(CCNS(=O)(=O)c1ccc2[nH]c(=O)c(=O)[nH]c2c1)OCc1ccccc1. The van der Waals surface area contributed by atoms with Crippen molar-refractivity contribution in [2.75, 3.05) is 6.54 Å². The Morgan fingerprint density at radius 1 is 0.964 bits per heavy atom. The van der Waals surface area contributed by atoms with Gasteiger partial charge in [-0.25, -0.2) is 13.1 Å². The van der Waals surface area contributed by atoms with Crippen LogP contribution in [0.2, 0.25) is 0 Å². The first-order valence-electron chi connectivity index (χ1n) is 8.31. The van der Waals surface area contributed by atoms with Gasteiger partial charge >= 0.3 is 17.1 Å². The van der Waals surface area contributed by atoms with Crippen molar-refractivity contribution >= 4 is 27.0 Å². The molecule has 0 fully saturated rings. The van der Waals surface area contributed by atoms with E-state index in [1.165, 1.54) is 18.2 Å². The van der Waals surface area contributed by atoms with E-state index >= 15 is 0 Å². The topological polar surface area (TPSA) is 138 Å². The van der Waals surface area contributed by atoms with E-state index < -0.39 is 27.1 Å². The monoisotopic (exact) mass is 403 g/mol. The van der Waals surface area contributed by atoms with Crippen molar-refractivity contribution < 1.29 is 17.9 Å². The van der Waals surface area contributed by atoms with Crippen molar-refractivity contribution in [1.29, 1.82) is 0 Å². The molecule has 0 amide bonds. The molecule has 0 aliphatic rings. The Balaban J connectivity index is 1.60. The summed E-state index contributed by atoms with van der Waals surface area (Å²) in [5.74, 6) is -0.535. The van der Waals surface area contributed by atoms with Gasteiger partial charge in [-0.2, -0.15) is 0 Å². The highest BCUT2D eigenvalue weighted by molar-refractivity contribution is 7.89. The zero-order chi connectivity index (χ0) is 20.1. The van der Waals surface area contributed by atoms with E-state index in [0.717, 1.165) is 5.56 Å². The Hall–Kier alpha value is -3.24. The molecular formula is C18H17N3O6S. The lowest BCUT2D eigenvalue weighted by Gasteiger charge is -2.08. The van der Waals surface area contributed by atoms with Crippen LogP contribution in [0.3, 0.4) is 0 Å². The molecule has 10 heteroatoms. The first-order valence-corrected chi connectivity index (χ1v) is 9.79. The highest BCUT2D eigenvalue weighted by Gasteiger charge is 2.16. The normalized spacial score (nSPS) is 11.4. The van der Waals surface area contributed by atoms with Crippen molar-refractivity contribution in [3.05, 3.63) is 74.8 Å². The molecule has 0 atom stereocenters. The molecule has 9 nitrogen and oxygen atoms in total. The van der Waals surface area contributed by atoms with Crippen LogP contribution in [-0.4, -0.2) is 30.9 Å². The largest absolute Gasteiger partial charge is 0.461 e. The minimum absolute atomic E-state index is 0.111. The predicted molar refractivity (Wildman–Crippen MR) is 101 cm³/mol. The van der Waals surface area contributed by atoms with E-state index in [2.05, 4.69) is 14.7 Å². The third-order valence-corrected chi connectivity index (χ3v) is 5.33. The number of ether oxygens (including phenoxy) is 1. The van der Waals surface area contributed by atoms with Gasteiger partial charge in [-0.3, -0.25) is 14.4 Å². The number of carbonyl (C=O) groups is 1. The van der Waals surface area contributed by atoms with Gasteiger partial charge in [0.2, 0.25) is 10.0 Å². The van der Waals surface area contributed by atoms with Gasteiger partial charge in [-0.1, -0.05) is 30.3 Å². The van der Waals surface area contributed by atoms with E-state index in [0.29, 0.717) is 5.52 Å². The second-order valence-electron chi connectivity index (χ2n) is 5.91. The second-order valence-corrected chi connectivity index (χ2v) is 7.68. The fourth-order valence-corrected chi connectivity index (χ4v) is 3.50. The first-order chi connectivity index (χ1) is 13.3. The number of sulfonamides is 1. The maximum absolute atomic E-state index is 12.4. The van der Waals surface area contributed by atoms with Gasteiger partial charge in [0.25, 0.3) is 0 Å². The van der Waals surface area contributed by atoms with Crippen LogP contribution in [0.5, 0.6) is 0 Å². The average molecular weight is 403 g/mol. The number of benzene rings is 2. The van der Waals surface area contributed by atoms with E-state index in [9.17, 15) is 22.8 Å². The smallest absolute Gasteiger partial charge is 0.314 e. The molecule has 0 radical (unpaired) electrons. The summed E-state index contributed by atoms with van der Waals surface area (Å²) in [6.07, 6.45) is -0.135. The van der Waals surface area contributed by atoms with E-state index in [1.54, 1.807) is 0 Å². The number of esters is 1. The lowest BCUT2D eigenvalue weighted by molar-refractivity contribution is -0.144. The number of carbonyl (C=O) groups excluding carboxylic acids is 1. The quantitative estimate of drug-likeness (QED) is 0.391. The number of rotatable bonds is 7. The van der Waals surface area contributed by atoms with Crippen molar-refractivity contribution in [3.63, 3.8) is 0 Å². The van der Waals surface area contributed by atoms with Crippen LogP contribution < -0.4 is 15.8 Å². The van der Waals surface area contributed by atoms with Gasteiger partial charge in [-0.05, 0) is 23.8 Å². The van der Waals surface area contributed by atoms with Crippen molar-refractivity contribution in [2.45, 2.75) is 17.9 Å². The zero-order valence-electron chi connectivity index (χ0n) is 14.6. The van der Waals surface area contributed by atoms with Crippen LogP contribution in [0, 0.1) is 0 Å². The summed E-state index contributed by atoms with van der Waals surface area (Å²) in [4.78, 5) is 39.0. The minimum atomic E-state index is -3.91. The number of hydrogen-bond acceptors (Lipinski definition) is 6. The van der Waals surface area contributed by atoms with Crippen LogP contribution in [0.1, 0.15) is 12.0 Å². The van der Waals surface area contributed by atoms with Crippen molar-refractivity contribution in [3.8, 4) is 0 Å². The van der Waals surface area contributed by atoms with Gasteiger partial charge in [0.05, 0.1) is 22.3 Å². The molecule has 0 unspecified atom stereocenters. The van der Waals surface area contributed by atoms with Gasteiger partial charge in [0.15, 0.2) is 0 Å². The zero-order valence-corrected chi connectivity index (χ0v) is 15.4. The molecule has 0 aliphatic heterocycles. The maximum Gasteiger partial charge on any atom is 0.314 e. The molecule has 0 saturated carbocycles. The van der Waals surface area contributed by atoms with Crippen LogP contribution in [0.25, 0.3) is 11.0 Å². The summed E-state index contributed by atoms with van der Waals surface area (Å²) in [5, 5.41) is 0. The van der Waals surface area contributed by atoms with Crippen molar-refractivity contribution in [1.82, 2.24) is 14.7 Å². The highest BCUT2D eigenvalue weighted by Crippen LogP contribution is 2.14. The number of fused-ring (bicyclic) bond motifs is 1. The predicted octanol–water partition coefficient (Wildman–Crippen LogP) is 0.628. The number of aromatic nitrogens is 2. The molecular weight excluding hydrogens is 386 g/mol. The molecule has 3 N–H and O–H groups in total. The summed E-state index contributed by atoms with van der Waals surface area (Å²) in [7, 11) is -3.91. The molecule has 0 spiro atoms. The third kappa shape index (κ3) is 4.72. The Labute approximate surface area is 159 Å². The van der Waals surface area contributed by atoms with Crippen LogP contribution in [0.15, 0.2) is 63.0 Å². The number of H-pyrrole nitrogens is 2. The number of nitrogens with one attached hydrogen (secondary N) is 3. The van der Waals surface area contributed by atoms with E-state index in [-0.39, 0.29) is 30.0 Å². The Bertz CT molecular complexity index is 1220. The Morgan fingerprint density at radius 2 is 1.64 bits per heavy atom. The summed E-state index contributed by atoms with van der Waals surface area (Å²) in [5.41, 5.74) is -0.395. The van der Waals surface area contributed by atoms with Crippen LogP contribution in [-0.2, 0) is 26.2 Å². The lowest BCUT2D eigenvalue weighted by Crippen LogP contribution is -2.29. The number of aromatic amines is 2. The Kier molecular flexibility index (Phi) is 5.71. The highest BCUT2D eigenvalue weighted by atomic mass is 32.2. The molecule has 3 aromatic rings. The summed E-state index contributed by atoms with van der Waals surface area (Å²) >= 11 is 0. The average Bonchev–Trinajstić information content (AvgIpc) is 2.67. The molecule has 0 aliphatic carbocycles. The molecule has 2 aromatic carbocycles. The van der Waals surface area contributed by atoms with Gasteiger partial charge in [0.1, 0.15) is 6.61 Å². The first kappa shape index (κ1) is 19.5. The fraction of sp³-hybridized carbons (Fsp3) is 0.167. The standard InChI is InChI=1S/C18H17N3O6S/c22-16(27-11-12-4-2-1-3-5-12)8-9-19-28(25,26)13-6-7-14-15(10-13)21-18(24)17(23)20-14/h1-7,10,19H,8-9,11H2,(H,20,23)(H,21,24). The van der Waals surface area contributed by atoms with Crippen LogP contribution in [0.4, 0.5) is 0 Å². The van der Waals surface area contributed by atoms with Gasteiger partial charge in [0, 0.05) is 6.54 Å². The third-order valence-electron chi connectivity index (χ3n) is 3.87. The molecule has 0 saturated heterocycles. The Morgan fingerprint density at radius 3 is 2.36 bits per heavy atom. The minimum Gasteiger partial charge on any atom is -0.461 e. The molecule has 3 rings (SSSR count).